The molecule has 6 nitrogen and oxygen atoms in total. The maximum absolute atomic E-state index is 13.6. The fourth-order valence-corrected chi connectivity index (χ4v) is 5.89. The number of carbonyl (C=O) groups excluding carboxylic acids is 1. The molecule has 1 unspecified atom stereocenters. The molecule has 0 saturated carbocycles. The number of carbonyl (C=O) groups is 1. The van der Waals surface area contributed by atoms with Crippen LogP contribution in [0.5, 0.6) is 0 Å². The zero-order valence-corrected chi connectivity index (χ0v) is 21.8. The number of rotatable bonds is 6. The molecule has 0 radical (unpaired) electrons. The maximum Gasteiger partial charge on any atom is 0.338 e. The summed E-state index contributed by atoms with van der Waals surface area (Å²) in [6.07, 6.45) is 1.71. The molecule has 9 heteroatoms. The second-order valence-electron chi connectivity index (χ2n) is 7.93. The van der Waals surface area contributed by atoms with E-state index in [2.05, 4.69) is 4.99 Å². The summed E-state index contributed by atoms with van der Waals surface area (Å²) in [5.41, 5.74) is 1.46. The van der Waals surface area contributed by atoms with E-state index in [-0.39, 0.29) is 12.2 Å². The maximum atomic E-state index is 13.6. The van der Waals surface area contributed by atoms with Gasteiger partial charge in [0.25, 0.3) is 5.56 Å². The Kier molecular flexibility index (Phi) is 7.00. The summed E-state index contributed by atoms with van der Waals surface area (Å²) in [5.74, 6) is 0.0751. The summed E-state index contributed by atoms with van der Waals surface area (Å²) >= 11 is 8.69. The monoisotopic (exact) mass is 536 g/mol. The summed E-state index contributed by atoms with van der Waals surface area (Å²) in [4.78, 5) is 32.6. The van der Waals surface area contributed by atoms with E-state index in [0.717, 1.165) is 10.5 Å². The molecule has 1 aliphatic rings. The summed E-state index contributed by atoms with van der Waals surface area (Å²) in [5, 5.41) is 1.36. The van der Waals surface area contributed by atoms with Crippen LogP contribution < -0.4 is 14.9 Å². The van der Waals surface area contributed by atoms with Gasteiger partial charge in [-0.2, -0.15) is 0 Å². The minimum atomic E-state index is -0.628. The third-order valence-electron chi connectivity index (χ3n) is 5.54. The molecule has 2 aromatic heterocycles. The van der Waals surface area contributed by atoms with Crippen molar-refractivity contribution < 1.29 is 13.9 Å². The molecule has 0 aliphatic carbocycles. The van der Waals surface area contributed by atoms with Crippen LogP contribution in [0.2, 0.25) is 5.02 Å². The minimum absolute atomic E-state index is 0.233. The molecule has 0 fully saturated rings. The minimum Gasteiger partial charge on any atom is -0.463 e. The second kappa shape index (κ2) is 10.3. The average Bonchev–Trinajstić information content (AvgIpc) is 3.44. The van der Waals surface area contributed by atoms with E-state index in [0.29, 0.717) is 36.5 Å². The Balaban J connectivity index is 1.56. The van der Waals surface area contributed by atoms with E-state index >= 15 is 0 Å². The first-order valence-corrected chi connectivity index (χ1v) is 13.2. The zero-order chi connectivity index (χ0) is 25.2. The smallest absolute Gasteiger partial charge is 0.338 e. The number of furan rings is 1. The number of allylic oxidation sites excluding steroid dienone is 1. The number of thiazole rings is 1. The van der Waals surface area contributed by atoms with Crippen molar-refractivity contribution in [3.63, 3.8) is 0 Å². The van der Waals surface area contributed by atoms with Gasteiger partial charge in [0.1, 0.15) is 5.76 Å². The Morgan fingerprint density at radius 3 is 2.64 bits per heavy atom. The van der Waals surface area contributed by atoms with Crippen LogP contribution in [0.1, 0.15) is 31.2 Å². The zero-order valence-electron chi connectivity index (χ0n) is 19.4. The second-order valence-corrected chi connectivity index (χ2v) is 10.4. The van der Waals surface area contributed by atoms with E-state index in [1.807, 2.05) is 66.7 Å². The average molecular weight is 537 g/mol. The van der Waals surface area contributed by atoms with E-state index < -0.39 is 12.0 Å². The molecule has 4 aromatic rings. The van der Waals surface area contributed by atoms with E-state index in [1.165, 1.54) is 23.1 Å². The lowest BCUT2D eigenvalue weighted by Gasteiger charge is -2.24. The van der Waals surface area contributed by atoms with Crippen molar-refractivity contribution in [2.24, 2.45) is 4.99 Å². The number of esters is 1. The molecule has 3 heterocycles. The molecular weight excluding hydrogens is 516 g/mol. The predicted molar refractivity (Wildman–Crippen MR) is 141 cm³/mol. The first kappa shape index (κ1) is 24.4. The van der Waals surface area contributed by atoms with Crippen LogP contribution in [0.25, 0.3) is 6.08 Å². The first-order chi connectivity index (χ1) is 17.4. The molecule has 0 bridgehead atoms. The number of halogens is 1. The van der Waals surface area contributed by atoms with Gasteiger partial charge in [-0.1, -0.05) is 65.0 Å². The van der Waals surface area contributed by atoms with Crippen LogP contribution in [0.4, 0.5) is 0 Å². The SMILES string of the molecule is CCOC(=O)C1=C(C)N=c2s/c(=C/c3ccc(Sc4ccc(Cl)cc4)o3)c(=O)n2C1c1ccccc1. The van der Waals surface area contributed by atoms with Crippen LogP contribution in [0, 0.1) is 0 Å². The fourth-order valence-electron chi connectivity index (χ4n) is 3.96. The van der Waals surface area contributed by atoms with Gasteiger partial charge >= 0.3 is 5.97 Å². The summed E-state index contributed by atoms with van der Waals surface area (Å²) in [7, 11) is 0. The Hall–Kier alpha value is -3.33. The quantitative estimate of drug-likeness (QED) is 0.317. The Labute approximate surface area is 220 Å². The lowest BCUT2D eigenvalue weighted by atomic mass is 9.96. The van der Waals surface area contributed by atoms with Crippen molar-refractivity contribution >= 4 is 46.7 Å². The van der Waals surface area contributed by atoms with Crippen LogP contribution in [0.3, 0.4) is 0 Å². The standard InChI is InChI=1S/C27H21ClN2O4S2/c1-3-33-26(32)23-16(2)29-27-30(24(23)17-7-5-4-6-8-17)25(31)21(36-27)15-19-11-14-22(34-19)35-20-12-9-18(28)10-13-20/h4-15,24H,3H2,1-2H3/b21-15+. The Morgan fingerprint density at radius 1 is 1.17 bits per heavy atom. The van der Waals surface area contributed by atoms with Gasteiger partial charge in [-0.25, -0.2) is 9.79 Å². The van der Waals surface area contributed by atoms with Crippen molar-refractivity contribution in [2.75, 3.05) is 6.61 Å². The molecule has 1 aliphatic heterocycles. The highest BCUT2D eigenvalue weighted by atomic mass is 35.5. The number of ether oxygens (including phenoxy) is 1. The number of benzene rings is 2. The number of hydrogen-bond donors (Lipinski definition) is 0. The molecule has 0 saturated heterocycles. The predicted octanol–water partition coefficient (Wildman–Crippen LogP) is 5.20. The number of nitrogens with zero attached hydrogens (tertiary/aromatic N) is 2. The molecule has 0 N–H and O–H groups in total. The van der Waals surface area contributed by atoms with Crippen molar-refractivity contribution in [3.05, 3.63) is 114 Å². The van der Waals surface area contributed by atoms with Crippen LogP contribution in [-0.4, -0.2) is 17.1 Å². The van der Waals surface area contributed by atoms with Crippen LogP contribution in [0.15, 0.2) is 102 Å². The van der Waals surface area contributed by atoms with Gasteiger partial charge in [0, 0.05) is 16.0 Å². The van der Waals surface area contributed by atoms with E-state index in [1.54, 1.807) is 24.5 Å². The normalized spacial score (nSPS) is 15.5. The summed E-state index contributed by atoms with van der Waals surface area (Å²) in [6.45, 7) is 3.76. The lowest BCUT2D eigenvalue weighted by molar-refractivity contribution is -0.139. The van der Waals surface area contributed by atoms with Crippen molar-refractivity contribution in [1.82, 2.24) is 4.57 Å². The molecule has 36 heavy (non-hydrogen) atoms. The Morgan fingerprint density at radius 2 is 1.92 bits per heavy atom. The molecule has 5 rings (SSSR count). The largest absolute Gasteiger partial charge is 0.463 e. The molecule has 0 spiro atoms. The van der Waals surface area contributed by atoms with Gasteiger partial charge in [-0.05, 0) is 55.8 Å². The molecule has 182 valence electrons. The number of hydrogen-bond acceptors (Lipinski definition) is 7. The van der Waals surface area contributed by atoms with Gasteiger partial charge < -0.3 is 9.15 Å². The third-order valence-corrected chi connectivity index (χ3v) is 7.70. The van der Waals surface area contributed by atoms with Gasteiger partial charge in [0.05, 0.1) is 28.5 Å². The van der Waals surface area contributed by atoms with Crippen molar-refractivity contribution in [3.8, 4) is 0 Å². The molecule has 1 atom stereocenters. The number of fused-ring (bicyclic) bond motifs is 1. The topological polar surface area (TPSA) is 73.8 Å². The lowest BCUT2D eigenvalue weighted by Crippen LogP contribution is -2.39. The first-order valence-electron chi connectivity index (χ1n) is 11.2. The van der Waals surface area contributed by atoms with Crippen LogP contribution >= 0.6 is 34.7 Å². The highest BCUT2D eigenvalue weighted by Crippen LogP contribution is 2.31. The van der Waals surface area contributed by atoms with Crippen molar-refractivity contribution in [1.29, 1.82) is 0 Å². The molecule has 0 amide bonds. The number of aromatic nitrogens is 1. The van der Waals surface area contributed by atoms with Crippen LogP contribution in [-0.2, 0) is 9.53 Å². The molecular formula is C27H21ClN2O4S2. The summed E-state index contributed by atoms with van der Waals surface area (Å²) in [6, 6.07) is 20.0. The molecule has 2 aromatic carbocycles. The van der Waals surface area contributed by atoms with Gasteiger partial charge in [0.15, 0.2) is 9.89 Å². The van der Waals surface area contributed by atoms with Gasteiger partial charge in [-0.15, -0.1) is 0 Å². The van der Waals surface area contributed by atoms with E-state index in [4.69, 9.17) is 20.8 Å². The summed E-state index contributed by atoms with van der Waals surface area (Å²) < 4.78 is 13.3. The third kappa shape index (κ3) is 4.84. The van der Waals surface area contributed by atoms with E-state index in [9.17, 15) is 9.59 Å². The van der Waals surface area contributed by atoms with Gasteiger partial charge in [0.2, 0.25) is 0 Å². The fraction of sp³-hybridized carbons (Fsp3) is 0.148. The Bertz CT molecular complexity index is 1630. The van der Waals surface area contributed by atoms with Crippen molar-refractivity contribution in [2.45, 2.75) is 29.9 Å². The highest BCUT2D eigenvalue weighted by molar-refractivity contribution is 7.99. The van der Waals surface area contributed by atoms with Gasteiger partial charge in [-0.3, -0.25) is 9.36 Å². The highest BCUT2D eigenvalue weighted by Gasteiger charge is 2.33.